The van der Waals surface area contributed by atoms with Crippen molar-refractivity contribution in [2.24, 2.45) is 5.92 Å². The molecule has 1 aromatic rings. The van der Waals surface area contributed by atoms with E-state index in [2.05, 4.69) is 45.8 Å². The van der Waals surface area contributed by atoms with Crippen molar-refractivity contribution in [3.8, 4) is 0 Å². The Hall–Kier alpha value is -2.56. The average molecular weight is 381 g/mol. The maximum absolute atomic E-state index is 13.0. The van der Waals surface area contributed by atoms with Gasteiger partial charge in [-0.3, -0.25) is 9.78 Å². The van der Waals surface area contributed by atoms with Gasteiger partial charge in [0.2, 0.25) is 5.91 Å². The number of carbonyl (C=O) groups excluding carboxylic acids is 1. The van der Waals surface area contributed by atoms with Crippen molar-refractivity contribution in [2.45, 2.75) is 51.4 Å². The van der Waals surface area contributed by atoms with E-state index in [9.17, 15) is 4.79 Å². The zero-order valence-corrected chi connectivity index (χ0v) is 16.8. The Balaban J connectivity index is 1.91. The number of carbonyl (C=O) groups is 1. The first-order chi connectivity index (χ1) is 13.7. The summed E-state index contributed by atoms with van der Waals surface area (Å²) in [6.45, 7) is 9.66. The lowest BCUT2D eigenvalue weighted by Crippen LogP contribution is -2.32. The lowest BCUT2D eigenvalue weighted by molar-refractivity contribution is -0.120. The summed E-state index contributed by atoms with van der Waals surface area (Å²) < 4.78 is 0. The largest absolute Gasteiger partial charge is 0.368 e. The van der Waals surface area contributed by atoms with Gasteiger partial charge in [0.05, 0.1) is 29.0 Å². The molecule has 2 aliphatic rings. The van der Waals surface area contributed by atoms with Crippen LogP contribution < -0.4 is 15.5 Å². The molecule has 2 heterocycles. The first-order valence-electron chi connectivity index (χ1n) is 10.5. The highest BCUT2D eigenvalue weighted by atomic mass is 16.1. The highest BCUT2D eigenvalue weighted by molar-refractivity contribution is 5.99. The summed E-state index contributed by atoms with van der Waals surface area (Å²) in [5.74, 6) is 0.153. The van der Waals surface area contributed by atoms with E-state index < -0.39 is 0 Å². The second-order valence-corrected chi connectivity index (χ2v) is 7.55. The van der Waals surface area contributed by atoms with E-state index in [1.807, 2.05) is 0 Å². The van der Waals surface area contributed by atoms with Gasteiger partial charge in [0, 0.05) is 19.0 Å². The molecule has 1 amide bonds. The second-order valence-electron chi connectivity index (χ2n) is 7.55. The summed E-state index contributed by atoms with van der Waals surface area (Å²) in [5, 5.41) is 6.43. The van der Waals surface area contributed by atoms with Crippen molar-refractivity contribution in [3.05, 3.63) is 43.4 Å². The number of pyridine rings is 1. The Bertz CT molecular complexity index is 734. The minimum atomic E-state index is 0.0500. The molecule has 5 heteroatoms. The molecule has 1 unspecified atom stereocenters. The zero-order chi connectivity index (χ0) is 19.8. The van der Waals surface area contributed by atoms with Crippen LogP contribution in [0, 0.1) is 5.92 Å². The molecular weight excluding hydrogens is 348 g/mol. The molecule has 0 radical (unpaired) electrons. The molecule has 3 rings (SSSR count). The molecule has 1 aliphatic heterocycles. The maximum atomic E-state index is 13.0. The molecule has 150 valence electrons. The summed E-state index contributed by atoms with van der Waals surface area (Å²) in [6.07, 6.45) is 18.1. The number of nitrogens with zero attached hydrogens (tertiary/aromatic N) is 2. The van der Waals surface area contributed by atoms with Crippen LogP contribution in [0.15, 0.2) is 37.7 Å². The van der Waals surface area contributed by atoms with Crippen LogP contribution in [0.25, 0.3) is 6.08 Å². The summed E-state index contributed by atoms with van der Waals surface area (Å²) >= 11 is 0. The molecule has 1 saturated heterocycles. The van der Waals surface area contributed by atoms with Gasteiger partial charge in [-0.25, -0.2) is 0 Å². The molecule has 0 saturated carbocycles. The van der Waals surface area contributed by atoms with Crippen molar-refractivity contribution in [3.63, 3.8) is 0 Å². The Kier molecular flexibility index (Phi) is 7.29. The van der Waals surface area contributed by atoms with E-state index in [-0.39, 0.29) is 11.8 Å². The Morgan fingerprint density at radius 2 is 1.89 bits per heavy atom. The van der Waals surface area contributed by atoms with E-state index in [4.69, 9.17) is 0 Å². The van der Waals surface area contributed by atoms with Crippen molar-refractivity contribution in [1.82, 2.24) is 4.98 Å². The molecule has 1 fully saturated rings. The van der Waals surface area contributed by atoms with Gasteiger partial charge >= 0.3 is 0 Å². The zero-order valence-electron chi connectivity index (χ0n) is 16.8. The molecule has 1 aliphatic carbocycles. The van der Waals surface area contributed by atoms with E-state index in [0.29, 0.717) is 0 Å². The molecule has 5 nitrogen and oxygen atoms in total. The van der Waals surface area contributed by atoms with E-state index in [1.165, 1.54) is 6.42 Å². The first-order valence-corrected chi connectivity index (χ1v) is 10.5. The normalized spacial score (nSPS) is 21.1. The summed E-state index contributed by atoms with van der Waals surface area (Å²) in [5.41, 5.74) is 3.42. The van der Waals surface area contributed by atoms with Crippen LogP contribution in [0.2, 0.25) is 0 Å². The van der Waals surface area contributed by atoms with Crippen LogP contribution in [0.1, 0.15) is 57.1 Å². The Morgan fingerprint density at radius 3 is 2.64 bits per heavy atom. The van der Waals surface area contributed by atoms with Crippen LogP contribution in [-0.4, -0.2) is 24.0 Å². The number of piperidine rings is 1. The SMILES string of the molecule is C=CNc1c(C=C)ncc(NC(=O)C2CC/C=C\CCC2)c1N1CCCCC1. The first kappa shape index (κ1) is 20.2. The standard InChI is InChI=1S/C23H32N4O/c1-3-19-21(24-4-2)22(27-15-11-8-12-16-27)20(17-25-19)26-23(28)18-13-9-6-5-7-10-14-18/h3-6,17-18,24H,1-2,7-16H2,(H,26,28)/b6-5-. The fourth-order valence-electron chi connectivity index (χ4n) is 4.11. The van der Waals surface area contributed by atoms with Gasteiger partial charge in [0.1, 0.15) is 0 Å². The van der Waals surface area contributed by atoms with Gasteiger partial charge in [-0.1, -0.05) is 25.3 Å². The predicted molar refractivity (Wildman–Crippen MR) is 119 cm³/mol. The molecule has 1 atom stereocenters. The average Bonchev–Trinajstić information content (AvgIpc) is 2.69. The predicted octanol–water partition coefficient (Wildman–Crippen LogP) is 5.35. The number of aromatic nitrogens is 1. The number of rotatable bonds is 6. The van der Waals surface area contributed by atoms with Crippen LogP contribution >= 0.6 is 0 Å². The number of amides is 1. The molecule has 28 heavy (non-hydrogen) atoms. The van der Waals surface area contributed by atoms with E-state index in [0.717, 1.165) is 80.8 Å². The minimum absolute atomic E-state index is 0.0500. The number of hydrogen-bond donors (Lipinski definition) is 2. The summed E-state index contributed by atoms with van der Waals surface area (Å²) in [6, 6.07) is 0. The van der Waals surface area contributed by atoms with Gasteiger partial charge in [0.15, 0.2) is 0 Å². The molecule has 1 aromatic heterocycles. The van der Waals surface area contributed by atoms with Crippen LogP contribution in [0.4, 0.5) is 17.1 Å². The van der Waals surface area contributed by atoms with Gasteiger partial charge in [0.25, 0.3) is 0 Å². The monoisotopic (exact) mass is 380 g/mol. The Labute approximate surface area is 168 Å². The number of anilines is 3. The third-order valence-corrected chi connectivity index (χ3v) is 5.59. The quantitative estimate of drug-likeness (QED) is 0.654. The topological polar surface area (TPSA) is 57.3 Å². The molecular formula is C23H32N4O. The van der Waals surface area contributed by atoms with Gasteiger partial charge in [-0.05, 0) is 63.6 Å². The van der Waals surface area contributed by atoms with Crippen molar-refractivity contribution >= 4 is 29.0 Å². The van der Waals surface area contributed by atoms with Crippen LogP contribution in [0.5, 0.6) is 0 Å². The van der Waals surface area contributed by atoms with E-state index in [1.54, 1.807) is 18.5 Å². The smallest absolute Gasteiger partial charge is 0.227 e. The van der Waals surface area contributed by atoms with Crippen LogP contribution in [-0.2, 0) is 4.79 Å². The number of nitrogens with one attached hydrogen (secondary N) is 2. The highest BCUT2D eigenvalue weighted by Gasteiger charge is 2.24. The van der Waals surface area contributed by atoms with Gasteiger partial charge in [-0.15, -0.1) is 0 Å². The lowest BCUT2D eigenvalue weighted by atomic mass is 9.93. The van der Waals surface area contributed by atoms with Crippen LogP contribution in [0.3, 0.4) is 0 Å². The van der Waals surface area contributed by atoms with Crippen molar-refractivity contribution in [2.75, 3.05) is 28.6 Å². The van der Waals surface area contributed by atoms with Gasteiger partial charge in [-0.2, -0.15) is 0 Å². The number of hydrogen-bond acceptors (Lipinski definition) is 4. The molecule has 2 N–H and O–H groups in total. The molecule has 0 aromatic carbocycles. The fraction of sp³-hybridized carbons (Fsp3) is 0.478. The summed E-state index contributed by atoms with van der Waals surface area (Å²) in [7, 11) is 0. The fourth-order valence-corrected chi connectivity index (χ4v) is 4.11. The summed E-state index contributed by atoms with van der Waals surface area (Å²) in [4.78, 5) is 19.9. The minimum Gasteiger partial charge on any atom is -0.368 e. The second kappa shape index (κ2) is 10.1. The number of allylic oxidation sites excluding steroid dienone is 2. The third-order valence-electron chi connectivity index (χ3n) is 5.59. The van der Waals surface area contributed by atoms with Crippen molar-refractivity contribution < 1.29 is 4.79 Å². The molecule has 0 bridgehead atoms. The Morgan fingerprint density at radius 1 is 1.11 bits per heavy atom. The van der Waals surface area contributed by atoms with Gasteiger partial charge < -0.3 is 15.5 Å². The van der Waals surface area contributed by atoms with Crippen molar-refractivity contribution in [1.29, 1.82) is 0 Å². The third kappa shape index (κ3) is 4.83. The maximum Gasteiger partial charge on any atom is 0.227 e. The molecule has 0 spiro atoms. The lowest BCUT2D eigenvalue weighted by Gasteiger charge is -2.33. The highest BCUT2D eigenvalue weighted by Crippen LogP contribution is 2.38. The van der Waals surface area contributed by atoms with E-state index >= 15 is 0 Å².